The van der Waals surface area contributed by atoms with Gasteiger partial charge in [-0.2, -0.15) is 0 Å². The molecule has 0 radical (unpaired) electrons. The monoisotopic (exact) mass is 249 g/mol. The maximum Gasteiger partial charge on any atom is 0.0584 e. The molecule has 2 N–H and O–H groups in total. The van der Waals surface area contributed by atoms with Crippen LogP contribution in [-0.2, 0) is 0 Å². The molecule has 0 heterocycles. The van der Waals surface area contributed by atoms with Gasteiger partial charge in [0.25, 0.3) is 0 Å². The first-order chi connectivity index (χ1) is 8.42. The highest BCUT2D eigenvalue weighted by atomic mass is 16.3. The van der Waals surface area contributed by atoms with Crippen LogP contribution in [0.3, 0.4) is 0 Å². The number of aryl methyl sites for hydroxylation is 2. The highest BCUT2D eigenvalue weighted by Crippen LogP contribution is 2.18. The molecule has 0 aromatic heterocycles. The minimum absolute atomic E-state index is 0.181. The minimum atomic E-state index is 0.181. The third kappa shape index (κ3) is 4.79. The molecule has 2 atom stereocenters. The van der Waals surface area contributed by atoms with Crippen molar-refractivity contribution in [2.75, 3.05) is 6.61 Å². The van der Waals surface area contributed by atoms with Crippen molar-refractivity contribution in [3.05, 3.63) is 34.9 Å². The largest absolute Gasteiger partial charge is 0.395 e. The van der Waals surface area contributed by atoms with Crippen molar-refractivity contribution < 1.29 is 5.11 Å². The van der Waals surface area contributed by atoms with Gasteiger partial charge in [-0.3, -0.25) is 0 Å². The summed E-state index contributed by atoms with van der Waals surface area (Å²) in [5.41, 5.74) is 3.89. The molecular weight excluding hydrogens is 222 g/mol. The summed E-state index contributed by atoms with van der Waals surface area (Å²) in [6.07, 6.45) is 1.01. The Morgan fingerprint density at radius 3 is 2.06 bits per heavy atom. The quantitative estimate of drug-likeness (QED) is 0.810. The van der Waals surface area contributed by atoms with E-state index in [0.29, 0.717) is 5.92 Å². The Morgan fingerprint density at radius 1 is 1.06 bits per heavy atom. The van der Waals surface area contributed by atoms with Gasteiger partial charge in [-0.1, -0.05) is 43.2 Å². The zero-order valence-corrected chi connectivity index (χ0v) is 12.3. The second kappa shape index (κ2) is 6.91. The van der Waals surface area contributed by atoms with Gasteiger partial charge in [-0.15, -0.1) is 0 Å². The minimum Gasteiger partial charge on any atom is -0.395 e. The van der Waals surface area contributed by atoms with Crippen molar-refractivity contribution >= 4 is 0 Å². The summed E-state index contributed by atoms with van der Waals surface area (Å²) in [5, 5.41) is 12.9. The van der Waals surface area contributed by atoms with E-state index in [0.717, 1.165) is 6.42 Å². The molecule has 0 aliphatic carbocycles. The summed E-state index contributed by atoms with van der Waals surface area (Å²) in [4.78, 5) is 0. The van der Waals surface area contributed by atoms with Gasteiger partial charge in [0.15, 0.2) is 0 Å². The maximum atomic E-state index is 9.42. The number of benzene rings is 1. The fourth-order valence-corrected chi connectivity index (χ4v) is 2.47. The molecule has 18 heavy (non-hydrogen) atoms. The number of aliphatic hydroxyl groups is 1. The smallest absolute Gasteiger partial charge is 0.0584 e. The summed E-state index contributed by atoms with van der Waals surface area (Å²) in [7, 11) is 0. The zero-order chi connectivity index (χ0) is 13.7. The number of rotatable bonds is 6. The topological polar surface area (TPSA) is 32.3 Å². The Balaban J connectivity index is 2.71. The molecule has 0 spiro atoms. The Hall–Kier alpha value is -0.860. The molecule has 0 aliphatic heterocycles. The molecule has 0 saturated heterocycles. The van der Waals surface area contributed by atoms with E-state index in [4.69, 9.17) is 0 Å². The zero-order valence-electron chi connectivity index (χ0n) is 12.3. The summed E-state index contributed by atoms with van der Waals surface area (Å²) in [6.45, 7) is 11.0. The van der Waals surface area contributed by atoms with E-state index in [9.17, 15) is 5.11 Å². The van der Waals surface area contributed by atoms with Gasteiger partial charge in [-0.05, 0) is 38.7 Å². The molecule has 2 heteroatoms. The first-order valence-electron chi connectivity index (χ1n) is 6.87. The van der Waals surface area contributed by atoms with Gasteiger partial charge >= 0.3 is 0 Å². The van der Waals surface area contributed by atoms with Crippen LogP contribution in [0.5, 0.6) is 0 Å². The molecule has 2 nitrogen and oxygen atoms in total. The first kappa shape index (κ1) is 15.2. The van der Waals surface area contributed by atoms with Gasteiger partial charge in [0.1, 0.15) is 0 Å². The lowest BCUT2D eigenvalue weighted by Gasteiger charge is -2.24. The van der Waals surface area contributed by atoms with Crippen molar-refractivity contribution in [3.8, 4) is 0 Å². The lowest BCUT2D eigenvalue weighted by atomic mass is 9.99. The van der Waals surface area contributed by atoms with Crippen LogP contribution in [0.2, 0.25) is 0 Å². The van der Waals surface area contributed by atoms with Crippen molar-refractivity contribution in [1.82, 2.24) is 5.32 Å². The highest BCUT2D eigenvalue weighted by Gasteiger charge is 2.14. The average molecular weight is 249 g/mol. The first-order valence-corrected chi connectivity index (χ1v) is 6.87. The fraction of sp³-hybridized carbons (Fsp3) is 0.625. The summed E-state index contributed by atoms with van der Waals surface area (Å²) in [5.74, 6) is 0.598. The highest BCUT2D eigenvalue weighted by molar-refractivity contribution is 5.30. The van der Waals surface area contributed by atoms with Gasteiger partial charge < -0.3 is 10.4 Å². The Morgan fingerprint density at radius 2 is 1.61 bits per heavy atom. The van der Waals surface area contributed by atoms with Crippen molar-refractivity contribution in [3.63, 3.8) is 0 Å². The van der Waals surface area contributed by atoms with E-state index in [2.05, 4.69) is 58.1 Å². The Bertz CT molecular complexity index is 353. The maximum absolute atomic E-state index is 9.42. The van der Waals surface area contributed by atoms with Crippen LogP contribution in [0.15, 0.2) is 18.2 Å². The number of hydrogen-bond acceptors (Lipinski definition) is 2. The van der Waals surface area contributed by atoms with E-state index in [-0.39, 0.29) is 18.7 Å². The molecule has 2 unspecified atom stereocenters. The van der Waals surface area contributed by atoms with Crippen LogP contribution in [0.4, 0.5) is 0 Å². The van der Waals surface area contributed by atoms with E-state index in [1.54, 1.807) is 0 Å². The normalized spacial score (nSPS) is 14.8. The fourth-order valence-electron chi connectivity index (χ4n) is 2.47. The van der Waals surface area contributed by atoms with Crippen LogP contribution < -0.4 is 5.32 Å². The second-order valence-corrected chi connectivity index (χ2v) is 5.82. The summed E-state index contributed by atoms with van der Waals surface area (Å²) < 4.78 is 0. The molecule has 0 amide bonds. The predicted molar refractivity (Wildman–Crippen MR) is 77.8 cm³/mol. The molecule has 0 saturated carbocycles. The summed E-state index contributed by atoms with van der Waals surface area (Å²) >= 11 is 0. The number of aliphatic hydroxyl groups excluding tert-OH is 1. The van der Waals surface area contributed by atoms with Crippen LogP contribution in [-0.4, -0.2) is 17.8 Å². The van der Waals surface area contributed by atoms with E-state index in [1.807, 2.05) is 0 Å². The van der Waals surface area contributed by atoms with Gasteiger partial charge in [0, 0.05) is 12.1 Å². The van der Waals surface area contributed by atoms with E-state index >= 15 is 0 Å². The lowest BCUT2D eigenvalue weighted by molar-refractivity contribution is 0.215. The molecular formula is C16H27NO. The number of hydrogen-bond donors (Lipinski definition) is 2. The van der Waals surface area contributed by atoms with Crippen molar-refractivity contribution in [2.45, 2.75) is 53.1 Å². The van der Waals surface area contributed by atoms with Crippen LogP contribution >= 0.6 is 0 Å². The van der Waals surface area contributed by atoms with Crippen LogP contribution in [0.25, 0.3) is 0 Å². The molecule has 1 aromatic rings. The predicted octanol–water partition coefficient (Wildman–Crippen LogP) is 3.36. The van der Waals surface area contributed by atoms with Crippen molar-refractivity contribution in [2.24, 2.45) is 5.92 Å². The van der Waals surface area contributed by atoms with Gasteiger partial charge in [0.2, 0.25) is 0 Å². The summed E-state index contributed by atoms with van der Waals surface area (Å²) in [6, 6.07) is 7.08. The van der Waals surface area contributed by atoms with Gasteiger partial charge in [-0.25, -0.2) is 0 Å². The SMILES string of the molecule is Cc1cc(C)cc(C(C)NC(CO)CC(C)C)c1. The Kier molecular flexibility index (Phi) is 5.83. The lowest BCUT2D eigenvalue weighted by Crippen LogP contribution is -2.35. The molecule has 0 aliphatic rings. The average Bonchev–Trinajstić information content (AvgIpc) is 2.26. The van der Waals surface area contributed by atoms with E-state index < -0.39 is 0 Å². The molecule has 1 aromatic carbocycles. The third-order valence-electron chi connectivity index (χ3n) is 3.21. The van der Waals surface area contributed by atoms with Crippen LogP contribution in [0, 0.1) is 19.8 Å². The Labute approximate surface area is 111 Å². The molecule has 1 rings (SSSR count). The number of nitrogens with one attached hydrogen (secondary N) is 1. The second-order valence-electron chi connectivity index (χ2n) is 5.82. The van der Waals surface area contributed by atoms with Gasteiger partial charge in [0.05, 0.1) is 6.61 Å². The van der Waals surface area contributed by atoms with Crippen LogP contribution in [0.1, 0.15) is 49.9 Å². The standard InChI is InChI=1S/C16H27NO/c1-11(2)6-16(10-18)17-14(5)15-8-12(3)7-13(4)9-15/h7-9,11,14,16-18H,6,10H2,1-5H3. The molecule has 102 valence electrons. The third-order valence-corrected chi connectivity index (χ3v) is 3.21. The van der Waals surface area contributed by atoms with E-state index in [1.165, 1.54) is 16.7 Å². The molecule has 0 fully saturated rings. The van der Waals surface area contributed by atoms with Crippen molar-refractivity contribution in [1.29, 1.82) is 0 Å². The molecule has 0 bridgehead atoms.